The van der Waals surface area contributed by atoms with Crippen LogP contribution in [0.5, 0.6) is 17.2 Å². The number of hydrogen-bond acceptors (Lipinski definition) is 4. The highest BCUT2D eigenvalue weighted by atomic mass is 16.5. The number of rotatable bonds is 8. The number of carboxylic acids is 1. The van der Waals surface area contributed by atoms with Gasteiger partial charge in [0.2, 0.25) is 0 Å². The van der Waals surface area contributed by atoms with Crippen LogP contribution in [0.15, 0.2) is 36.4 Å². The van der Waals surface area contributed by atoms with Crippen molar-refractivity contribution in [3.05, 3.63) is 53.1 Å². The highest BCUT2D eigenvalue weighted by Gasteiger charge is 2.23. The van der Waals surface area contributed by atoms with Gasteiger partial charge in [0, 0.05) is 6.07 Å². The molecule has 0 fully saturated rings. The van der Waals surface area contributed by atoms with E-state index in [2.05, 4.69) is 6.92 Å². The summed E-state index contributed by atoms with van der Waals surface area (Å²) in [5, 5.41) is 9.71. The number of aryl methyl sites for hydroxylation is 1. The quantitative estimate of drug-likeness (QED) is 0.791. The molecule has 0 saturated heterocycles. The van der Waals surface area contributed by atoms with Gasteiger partial charge in [0.15, 0.2) is 11.5 Å². The zero-order chi connectivity index (χ0) is 18.4. The smallest absolute Gasteiger partial charge is 0.311 e. The molecule has 134 valence electrons. The summed E-state index contributed by atoms with van der Waals surface area (Å²) < 4.78 is 16.0. The van der Waals surface area contributed by atoms with E-state index in [9.17, 15) is 9.90 Å². The van der Waals surface area contributed by atoms with E-state index in [4.69, 9.17) is 14.2 Å². The average Bonchev–Trinajstić information content (AvgIpc) is 2.65. The molecule has 0 amide bonds. The van der Waals surface area contributed by atoms with E-state index in [-0.39, 0.29) is 0 Å². The molecule has 0 saturated carbocycles. The first-order chi connectivity index (χ1) is 12.0. The summed E-state index contributed by atoms with van der Waals surface area (Å²) in [5.41, 5.74) is 2.70. The molecule has 0 radical (unpaired) electrons. The number of benzene rings is 2. The van der Waals surface area contributed by atoms with Crippen molar-refractivity contribution >= 4 is 5.97 Å². The van der Waals surface area contributed by atoms with E-state index in [1.54, 1.807) is 33.5 Å². The minimum atomic E-state index is -0.874. The predicted molar refractivity (Wildman–Crippen MR) is 96.0 cm³/mol. The molecule has 0 bridgehead atoms. The number of hydrogen-bond donors (Lipinski definition) is 1. The van der Waals surface area contributed by atoms with Crippen molar-refractivity contribution in [3.8, 4) is 17.2 Å². The van der Waals surface area contributed by atoms with E-state index in [0.717, 1.165) is 17.5 Å². The van der Waals surface area contributed by atoms with Gasteiger partial charge < -0.3 is 19.3 Å². The van der Waals surface area contributed by atoms with Gasteiger partial charge in [-0.15, -0.1) is 0 Å². The Bertz CT molecular complexity index is 722. The molecule has 0 aliphatic heterocycles. The first-order valence-electron chi connectivity index (χ1n) is 8.14. The van der Waals surface area contributed by atoms with E-state index in [0.29, 0.717) is 23.7 Å². The van der Waals surface area contributed by atoms with Crippen molar-refractivity contribution in [1.29, 1.82) is 0 Å². The fraction of sp³-hybridized carbons (Fsp3) is 0.350. The molecule has 2 aromatic carbocycles. The number of carboxylic acid groups (broad SMARTS) is 1. The van der Waals surface area contributed by atoms with Gasteiger partial charge in [0.05, 0.1) is 27.2 Å². The number of carbonyl (C=O) groups is 1. The SMILES string of the molecule is CCc1ccc(C(Cc2cc(OC)c(OC)cc2OC)C(=O)O)cc1. The zero-order valence-electron chi connectivity index (χ0n) is 15.0. The molecule has 1 unspecified atom stereocenters. The van der Waals surface area contributed by atoms with Gasteiger partial charge in [-0.3, -0.25) is 4.79 Å². The van der Waals surface area contributed by atoms with Gasteiger partial charge in [-0.25, -0.2) is 0 Å². The Morgan fingerprint density at radius 3 is 2.00 bits per heavy atom. The summed E-state index contributed by atoms with van der Waals surface area (Å²) in [6, 6.07) is 11.2. The fourth-order valence-electron chi connectivity index (χ4n) is 2.81. The maximum absolute atomic E-state index is 11.8. The number of ether oxygens (including phenoxy) is 3. The van der Waals surface area contributed by atoms with Crippen molar-refractivity contribution in [2.24, 2.45) is 0 Å². The third kappa shape index (κ3) is 4.24. The molecule has 1 N–H and O–H groups in total. The normalized spacial score (nSPS) is 11.7. The van der Waals surface area contributed by atoms with Gasteiger partial charge >= 0.3 is 5.97 Å². The van der Waals surface area contributed by atoms with Crippen LogP contribution in [-0.2, 0) is 17.6 Å². The second-order valence-corrected chi connectivity index (χ2v) is 5.71. The van der Waals surface area contributed by atoms with Crippen LogP contribution in [0.3, 0.4) is 0 Å². The summed E-state index contributed by atoms with van der Waals surface area (Å²) >= 11 is 0. The first-order valence-corrected chi connectivity index (χ1v) is 8.14. The van der Waals surface area contributed by atoms with Gasteiger partial charge in [-0.1, -0.05) is 31.2 Å². The lowest BCUT2D eigenvalue weighted by Crippen LogP contribution is -2.15. The van der Waals surface area contributed by atoms with E-state index in [1.807, 2.05) is 24.3 Å². The molecule has 2 aromatic rings. The molecule has 0 heterocycles. The van der Waals surface area contributed by atoms with Gasteiger partial charge in [0.25, 0.3) is 0 Å². The number of methoxy groups -OCH3 is 3. The standard InChI is InChI=1S/C20H24O5/c1-5-13-6-8-14(9-7-13)16(20(21)22)10-15-11-18(24-3)19(25-4)12-17(15)23-2/h6-9,11-12,16H,5,10H2,1-4H3,(H,21,22). The second kappa shape index (κ2) is 8.42. The molecule has 0 spiro atoms. The molecule has 0 aromatic heterocycles. The topological polar surface area (TPSA) is 65.0 Å². The fourth-order valence-corrected chi connectivity index (χ4v) is 2.81. The summed E-state index contributed by atoms with van der Waals surface area (Å²) in [6.07, 6.45) is 1.21. The monoisotopic (exact) mass is 344 g/mol. The van der Waals surface area contributed by atoms with Crippen LogP contribution >= 0.6 is 0 Å². The molecule has 1 atom stereocenters. The third-order valence-electron chi connectivity index (χ3n) is 4.30. The molecule has 5 nitrogen and oxygen atoms in total. The van der Waals surface area contributed by atoms with Gasteiger partial charge in [0.1, 0.15) is 5.75 Å². The Labute approximate surface area is 148 Å². The maximum atomic E-state index is 11.8. The van der Waals surface area contributed by atoms with E-state index >= 15 is 0 Å². The Kier molecular flexibility index (Phi) is 6.28. The predicted octanol–water partition coefficient (Wildman–Crippen LogP) is 3.69. The minimum absolute atomic E-state index is 0.296. The molecular formula is C20H24O5. The van der Waals surface area contributed by atoms with Crippen molar-refractivity contribution in [2.45, 2.75) is 25.7 Å². The van der Waals surface area contributed by atoms with Crippen LogP contribution in [0, 0.1) is 0 Å². The summed E-state index contributed by atoms with van der Waals surface area (Å²) in [7, 11) is 4.65. The van der Waals surface area contributed by atoms with E-state index in [1.165, 1.54) is 5.56 Å². The Morgan fingerprint density at radius 1 is 0.960 bits per heavy atom. The maximum Gasteiger partial charge on any atom is 0.311 e. The summed E-state index contributed by atoms with van der Waals surface area (Å²) in [5.74, 6) is 0.124. The molecule has 0 aliphatic rings. The van der Waals surface area contributed by atoms with Crippen LogP contribution in [0.25, 0.3) is 0 Å². The lowest BCUT2D eigenvalue weighted by atomic mass is 9.90. The molecule has 0 aliphatic carbocycles. The van der Waals surface area contributed by atoms with Crippen LogP contribution in [0.1, 0.15) is 29.5 Å². The van der Waals surface area contributed by atoms with E-state index < -0.39 is 11.9 Å². The lowest BCUT2D eigenvalue weighted by Gasteiger charge is -2.18. The lowest BCUT2D eigenvalue weighted by molar-refractivity contribution is -0.138. The zero-order valence-corrected chi connectivity index (χ0v) is 15.0. The molecule has 2 rings (SSSR count). The van der Waals surface area contributed by atoms with Crippen molar-refractivity contribution in [1.82, 2.24) is 0 Å². The summed E-state index contributed by atoms with van der Waals surface area (Å²) in [4.78, 5) is 11.8. The molecule has 25 heavy (non-hydrogen) atoms. The highest BCUT2D eigenvalue weighted by Crippen LogP contribution is 2.37. The first kappa shape index (κ1) is 18.6. The van der Waals surface area contributed by atoms with Gasteiger partial charge in [-0.05, 0) is 35.6 Å². The Hall–Kier alpha value is -2.69. The third-order valence-corrected chi connectivity index (χ3v) is 4.30. The van der Waals surface area contributed by atoms with Crippen LogP contribution in [0.2, 0.25) is 0 Å². The Balaban J connectivity index is 2.40. The van der Waals surface area contributed by atoms with Crippen molar-refractivity contribution in [2.75, 3.05) is 21.3 Å². The van der Waals surface area contributed by atoms with Crippen LogP contribution < -0.4 is 14.2 Å². The van der Waals surface area contributed by atoms with Crippen molar-refractivity contribution < 1.29 is 24.1 Å². The largest absolute Gasteiger partial charge is 0.496 e. The second-order valence-electron chi connectivity index (χ2n) is 5.71. The Morgan fingerprint density at radius 2 is 1.52 bits per heavy atom. The molecule has 5 heteroatoms. The minimum Gasteiger partial charge on any atom is -0.496 e. The van der Waals surface area contributed by atoms with Crippen LogP contribution in [0.4, 0.5) is 0 Å². The number of aliphatic carboxylic acids is 1. The van der Waals surface area contributed by atoms with Crippen LogP contribution in [-0.4, -0.2) is 32.4 Å². The highest BCUT2D eigenvalue weighted by molar-refractivity contribution is 5.77. The summed E-state index contributed by atoms with van der Waals surface area (Å²) in [6.45, 7) is 2.07. The average molecular weight is 344 g/mol. The molecular weight excluding hydrogens is 320 g/mol. The van der Waals surface area contributed by atoms with Crippen molar-refractivity contribution in [3.63, 3.8) is 0 Å². The van der Waals surface area contributed by atoms with Gasteiger partial charge in [-0.2, -0.15) is 0 Å².